The molecule has 0 spiro atoms. The molecule has 0 saturated carbocycles. The third-order valence-corrected chi connectivity index (χ3v) is 3.92. The molecular formula is C22H20N2O2. The first-order chi connectivity index (χ1) is 12.8. The Bertz CT molecular complexity index is 976. The molecule has 3 rings (SSSR count). The molecule has 1 aromatic heterocycles. The molecule has 1 heterocycles. The number of carbonyl (C=O) groups excluding carboxylic acids is 1. The first-order valence-electron chi connectivity index (χ1n) is 8.40. The molecule has 0 bridgehead atoms. The molecule has 0 saturated heterocycles. The molecule has 0 atom stereocenters. The number of nitrogens with one attached hydrogen (secondary N) is 2. The number of amides is 1. The van der Waals surface area contributed by atoms with Gasteiger partial charge in [-0.1, -0.05) is 42.2 Å². The van der Waals surface area contributed by atoms with Crippen molar-refractivity contribution in [3.63, 3.8) is 0 Å². The van der Waals surface area contributed by atoms with Crippen LogP contribution < -0.4 is 10.1 Å². The fourth-order valence-corrected chi connectivity index (χ4v) is 2.61. The Hall–Kier alpha value is -3.45. The Morgan fingerprint density at radius 2 is 2.08 bits per heavy atom. The van der Waals surface area contributed by atoms with Crippen molar-refractivity contribution < 1.29 is 9.53 Å². The molecule has 3 aromatic rings. The van der Waals surface area contributed by atoms with Gasteiger partial charge in [-0.25, -0.2) is 0 Å². The lowest BCUT2D eigenvalue weighted by Crippen LogP contribution is -2.23. The Morgan fingerprint density at radius 3 is 2.96 bits per heavy atom. The van der Waals surface area contributed by atoms with Gasteiger partial charge in [-0.15, -0.1) is 6.58 Å². The molecule has 2 N–H and O–H groups in total. The summed E-state index contributed by atoms with van der Waals surface area (Å²) in [5.41, 5.74) is 2.63. The van der Waals surface area contributed by atoms with Gasteiger partial charge >= 0.3 is 0 Å². The topological polar surface area (TPSA) is 54.1 Å². The van der Waals surface area contributed by atoms with Crippen molar-refractivity contribution in [2.45, 2.75) is 6.42 Å². The van der Waals surface area contributed by atoms with Gasteiger partial charge in [0.1, 0.15) is 12.4 Å². The molecule has 26 heavy (non-hydrogen) atoms. The van der Waals surface area contributed by atoms with Crippen molar-refractivity contribution in [2.75, 3.05) is 13.2 Å². The summed E-state index contributed by atoms with van der Waals surface area (Å²) in [5, 5.41) is 3.87. The van der Waals surface area contributed by atoms with Gasteiger partial charge in [-0.3, -0.25) is 4.79 Å². The van der Waals surface area contributed by atoms with E-state index < -0.39 is 0 Å². The van der Waals surface area contributed by atoms with Crippen LogP contribution in [-0.2, 0) is 6.42 Å². The van der Waals surface area contributed by atoms with Crippen LogP contribution in [0.2, 0.25) is 0 Å². The van der Waals surface area contributed by atoms with Gasteiger partial charge in [-0.2, -0.15) is 0 Å². The van der Waals surface area contributed by atoms with Crippen LogP contribution in [-0.4, -0.2) is 24.0 Å². The van der Waals surface area contributed by atoms with Crippen molar-refractivity contribution in [3.8, 4) is 17.6 Å². The van der Waals surface area contributed by atoms with Gasteiger partial charge in [0.15, 0.2) is 0 Å². The highest BCUT2D eigenvalue weighted by molar-refractivity contribution is 5.97. The van der Waals surface area contributed by atoms with Gasteiger partial charge in [0.05, 0.1) is 6.54 Å². The molecule has 130 valence electrons. The normalized spacial score (nSPS) is 10.0. The largest absolute Gasteiger partial charge is 0.481 e. The number of para-hydroxylation sites is 1. The van der Waals surface area contributed by atoms with Gasteiger partial charge in [0, 0.05) is 17.3 Å². The van der Waals surface area contributed by atoms with Gasteiger partial charge in [0.25, 0.3) is 5.91 Å². The summed E-state index contributed by atoms with van der Waals surface area (Å²) in [6.07, 6.45) is 4.45. The van der Waals surface area contributed by atoms with Crippen LogP contribution in [0.3, 0.4) is 0 Å². The Kier molecular flexibility index (Phi) is 5.74. The van der Waals surface area contributed by atoms with E-state index in [4.69, 9.17) is 4.74 Å². The summed E-state index contributed by atoms with van der Waals surface area (Å²) in [4.78, 5) is 15.2. The summed E-state index contributed by atoms with van der Waals surface area (Å²) in [7, 11) is 0. The first kappa shape index (κ1) is 17.4. The molecule has 0 aliphatic carbocycles. The lowest BCUT2D eigenvalue weighted by molar-refractivity contribution is 0.0959. The number of benzene rings is 2. The highest BCUT2D eigenvalue weighted by Crippen LogP contribution is 2.18. The van der Waals surface area contributed by atoms with Crippen LogP contribution in [0, 0.1) is 11.8 Å². The number of hydrogen-bond donors (Lipinski definition) is 2. The zero-order valence-corrected chi connectivity index (χ0v) is 14.4. The zero-order chi connectivity index (χ0) is 18.2. The molecule has 1 amide bonds. The highest BCUT2D eigenvalue weighted by atomic mass is 16.5. The summed E-state index contributed by atoms with van der Waals surface area (Å²) in [6, 6.07) is 15.3. The Morgan fingerprint density at radius 1 is 1.19 bits per heavy atom. The van der Waals surface area contributed by atoms with Crippen molar-refractivity contribution in [2.24, 2.45) is 0 Å². The minimum absolute atomic E-state index is 0.145. The van der Waals surface area contributed by atoms with E-state index in [2.05, 4.69) is 28.7 Å². The fourth-order valence-electron chi connectivity index (χ4n) is 2.61. The minimum atomic E-state index is -0.145. The number of aromatic amines is 1. The molecule has 4 nitrogen and oxygen atoms in total. The van der Waals surface area contributed by atoms with Crippen LogP contribution in [0.5, 0.6) is 5.75 Å². The van der Waals surface area contributed by atoms with E-state index in [9.17, 15) is 4.79 Å². The molecule has 0 radical (unpaired) electrons. The molecular weight excluding hydrogens is 324 g/mol. The van der Waals surface area contributed by atoms with Crippen LogP contribution in [0.4, 0.5) is 0 Å². The van der Waals surface area contributed by atoms with Crippen LogP contribution in [0.25, 0.3) is 10.9 Å². The predicted octanol–water partition coefficient (Wildman–Crippen LogP) is 3.71. The van der Waals surface area contributed by atoms with Crippen molar-refractivity contribution in [1.29, 1.82) is 0 Å². The standard InChI is InChI=1S/C22H20N2O2/c1-2-7-18-8-3-4-9-21(18)26-15-6-5-13-24-22(25)19-11-10-17-12-14-23-20(17)16-19/h2-4,8-12,14,16,23H,1,7,13,15H2,(H,24,25). The third-order valence-electron chi connectivity index (χ3n) is 3.92. The number of ether oxygens (including phenoxy) is 1. The molecule has 0 unspecified atom stereocenters. The maximum absolute atomic E-state index is 12.1. The summed E-state index contributed by atoms with van der Waals surface area (Å²) in [5.74, 6) is 6.49. The molecule has 2 aromatic carbocycles. The lowest BCUT2D eigenvalue weighted by atomic mass is 10.1. The predicted molar refractivity (Wildman–Crippen MR) is 104 cm³/mol. The molecule has 0 fully saturated rings. The fraction of sp³-hybridized carbons (Fsp3) is 0.136. The van der Waals surface area contributed by atoms with Crippen molar-refractivity contribution in [3.05, 3.63) is 78.5 Å². The van der Waals surface area contributed by atoms with Crippen molar-refractivity contribution >= 4 is 16.8 Å². The van der Waals surface area contributed by atoms with E-state index in [1.54, 1.807) is 6.07 Å². The number of hydrogen-bond acceptors (Lipinski definition) is 2. The average Bonchev–Trinajstić information content (AvgIpc) is 3.13. The summed E-state index contributed by atoms with van der Waals surface area (Å²) < 4.78 is 5.68. The smallest absolute Gasteiger partial charge is 0.252 e. The SMILES string of the molecule is C=CCc1ccccc1OCC#CCNC(=O)c1ccc2cc[nH]c2c1. The van der Waals surface area contributed by atoms with E-state index in [0.717, 1.165) is 28.6 Å². The Labute approximate surface area is 152 Å². The second kappa shape index (κ2) is 8.59. The third kappa shape index (κ3) is 4.34. The van der Waals surface area contributed by atoms with E-state index in [1.807, 2.05) is 54.7 Å². The van der Waals surface area contributed by atoms with E-state index in [-0.39, 0.29) is 19.1 Å². The zero-order valence-electron chi connectivity index (χ0n) is 14.4. The minimum Gasteiger partial charge on any atom is -0.481 e. The quantitative estimate of drug-likeness (QED) is 0.529. The Balaban J connectivity index is 1.48. The number of H-pyrrole nitrogens is 1. The second-order valence-corrected chi connectivity index (χ2v) is 5.71. The summed E-state index contributed by atoms with van der Waals surface area (Å²) >= 11 is 0. The van der Waals surface area contributed by atoms with Crippen LogP contribution >= 0.6 is 0 Å². The monoisotopic (exact) mass is 344 g/mol. The van der Waals surface area contributed by atoms with Crippen LogP contribution in [0.15, 0.2) is 67.4 Å². The van der Waals surface area contributed by atoms with E-state index >= 15 is 0 Å². The van der Waals surface area contributed by atoms with Gasteiger partial charge in [0.2, 0.25) is 0 Å². The number of aromatic nitrogens is 1. The number of fused-ring (bicyclic) bond motifs is 1. The van der Waals surface area contributed by atoms with Crippen LogP contribution in [0.1, 0.15) is 15.9 Å². The second-order valence-electron chi connectivity index (χ2n) is 5.71. The number of carbonyl (C=O) groups is 1. The van der Waals surface area contributed by atoms with Gasteiger partial charge in [-0.05, 0) is 41.6 Å². The van der Waals surface area contributed by atoms with E-state index in [1.165, 1.54) is 0 Å². The average molecular weight is 344 g/mol. The number of rotatable bonds is 6. The molecule has 4 heteroatoms. The van der Waals surface area contributed by atoms with Gasteiger partial charge < -0.3 is 15.0 Å². The highest BCUT2D eigenvalue weighted by Gasteiger charge is 2.05. The lowest BCUT2D eigenvalue weighted by Gasteiger charge is -2.07. The maximum Gasteiger partial charge on any atom is 0.252 e. The van der Waals surface area contributed by atoms with E-state index in [0.29, 0.717) is 5.56 Å². The number of allylic oxidation sites excluding steroid dienone is 1. The first-order valence-corrected chi connectivity index (χ1v) is 8.40. The molecule has 0 aliphatic heterocycles. The molecule has 0 aliphatic rings. The van der Waals surface area contributed by atoms with Crippen molar-refractivity contribution in [1.82, 2.24) is 10.3 Å². The summed E-state index contributed by atoms with van der Waals surface area (Å²) in [6.45, 7) is 4.30. The maximum atomic E-state index is 12.1.